The number of hydrogen-bond acceptors (Lipinski definition) is 3. The van der Waals surface area contributed by atoms with Crippen LogP contribution in [0.5, 0.6) is 0 Å². The van der Waals surface area contributed by atoms with Crippen molar-refractivity contribution in [2.24, 2.45) is 0 Å². The smallest absolute Gasteiger partial charge is 0.247 e. The van der Waals surface area contributed by atoms with Crippen molar-refractivity contribution in [3.05, 3.63) is 82.1 Å². The average Bonchev–Trinajstić information content (AvgIpc) is 3.11. The van der Waals surface area contributed by atoms with E-state index in [2.05, 4.69) is 5.32 Å². The van der Waals surface area contributed by atoms with Crippen molar-refractivity contribution in [3.63, 3.8) is 0 Å². The van der Waals surface area contributed by atoms with Gasteiger partial charge in [0.1, 0.15) is 13.1 Å². The molecular formula is C26H26ClN3O3. The zero-order valence-corrected chi connectivity index (χ0v) is 19.5. The van der Waals surface area contributed by atoms with E-state index in [4.69, 9.17) is 11.6 Å². The van der Waals surface area contributed by atoms with Crippen LogP contribution in [0.15, 0.2) is 54.6 Å². The van der Waals surface area contributed by atoms with Crippen molar-refractivity contribution in [3.8, 4) is 0 Å². The SMILES string of the molecule is Cc1ccc(N(CC(=O)Nc2ccc(Cl)cc2)C(=O)Cn2c(C)cc3c2CCCC3=O)cc1. The molecule has 1 aliphatic rings. The number of ketones is 1. The minimum absolute atomic E-state index is 0.0660. The second kappa shape index (κ2) is 9.63. The summed E-state index contributed by atoms with van der Waals surface area (Å²) in [6.07, 6.45) is 2.10. The number of carbonyl (C=O) groups excluding carboxylic acids is 3. The Labute approximate surface area is 198 Å². The molecule has 0 unspecified atom stereocenters. The second-order valence-electron chi connectivity index (χ2n) is 8.38. The normalized spacial score (nSPS) is 12.9. The molecule has 0 fully saturated rings. The largest absolute Gasteiger partial charge is 0.339 e. The van der Waals surface area contributed by atoms with E-state index >= 15 is 0 Å². The van der Waals surface area contributed by atoms with Gasteiger partial charge in [-0.3, -0.25) is 14.4 Å². The third-order valence-electron chi connectivity index (χ3n) is 5.90. The van der Waals surface area contributed by atoms with Gasteiger partial charge in [0.25, 0.3) is 0 Å². The van der Waals surface area contributed by atoms with E-state index in [0.29, 0.717) is 28.4 Å². The van der Waals surface area contributed by atoms with E-state index in [-0.39, 0.29) is 30.7 Å². The Morgan fingerprint density at radius 1 is 1.03 bits per heavy atom. The van der Waals surface area contributed by atoms with Gasteiger partial charge in [0.15, 0.2) is 5.78 Å². The molecule has 170 valence electrons. The summed E-state index contributed by atoms with van der Waals surface area (Å²) >= 11 is 5.92. The van der Waals surface area contributed by atoms with Crippen LogP contribution < -0.4 is 10.2 Å². The molecule has 1 aliphatic carbocycles. The highest BCUT2D eigenvalue weighted by atomic mass is 35.5. The number of hydrogen-bond donors (Lipinski definition) is 1. The molecule has 4 rings (SSSR count). The van der Waals surface area contributed by atoms with Gasteiger partial charge in [-0.25, -0.2) is 0 Å². The highest BCUT2D eigenvalue weighted by Crippen LogP contribution is 2.26. The fourth-order valence-corrected chi connectivity index (χ4v) is 4.28. The molecule has 1 heterocycles. The van der Waals surface area contributed by atoms with Crippen LogP contribution in [0.2, 0.25) is 5.02 Å². The molecule has 0 saturated carbocycles. The third kappa shape index (κ3) is 5.17. The fraction of sp³-hybridized carbons (Fsp3) is 0.269. The first-order chi connectivity index (χ1) is 15.8. The lowest BCUT2D eigenvalue weighted by Crippen LogP contribution is -2.40. The van der Waals surface area contributed by atoms with Gasteiger partial charge in [0.05, 0.1) is 0 Å². The number of benzene rings is 2. The third-order valence-corrected chi connectivity index (χ3v) is 6.16. The Hall–Kier alpha value is -3.38. The molecule has 2 amide bonds. The number of carbonyl (C=O) groups is 3. The number of rotatable bonds is 6. The summed E-state index contributed by atoms with van der Waals surface area (Å²) in [7, 11) is 0. The van der Waals surface area contributed by atoms with E-state index in [1.807, 2.05) is 48.7 Å². The van der Waals surface area contributed by atoms with E-state index in [9.17, 15) is 14.4 Å². The average molecular weight is 464 g/mol. The molecule has 7 heteroatoms. The number of nitrogens with one attached hydrogen (secondary N) is 1. The summed E-state index contributed by atoms with van der Waals surface area (Å²) in [4.78, 5) is 40.1. The Bertz CT molecular complexity index is 1200. The van der Waals surface area contributed by atoms with Crippen LogP contribution in [0.3, 0.4) is 0 Å². The van der Waals surface area contributed by atoms with E-state index in [1.165, 1.54) is 4.90 Å². The van der Waals surface area contributed by atoms with Gasteiger partial charge in [-0.1, -0.05) is 29.3 Å². The van der Waals surface area contributed by atoms with Crippen molar-refractivity contribution >= 4 is 40.6 Å². The second-order valence-corrected chi connectivity index (χ2v) is 8.82. The van der Waals surface area contributed by atoms with Gasteiger partial charge < -0.3 is 14.8 Å². The minimum Gasteiger partial charge on any atom is -0.339 e. The topological polar surface area (TPSA) is 71.4 Å². The Kier molecular flexibility index (Phi) is 6.65. The quantitative estimate of drug-likeness (QED) is 0.562. The Morgan fingerprint density at radius 3 is 2.42 bits per heavy atom. The first-order valence-electron chi connectivity index (χ1n) is 11.0. The Balaban J connectivity index is 1.58. The zero-order valence-electron chi connectivity index (χ0n) is 18.7. The summed E-state index contributed by atoms with van der Waals surface area (Å²) in [6, 6.07) is 16.2. The maximum Gasteiger partial charge on any atom is 0.247 e. The van der Waals surface area contributed by atoms with Crippen LogP contribution in [-0.4, -0.2) is 28.7 Å². The lowest BCUT2D eigenvalue weighted by atomic mass is 9.97. The maximum atomic E-state index is 13.5. The molecule has 0 bridgehead atoms. The number of Topliss-reactive ketones (excluding diaryl/α,β-unsaturated/α-hetero) is 1. The maximum absolute atomic E-state index is 13.5. The molecule has 0 atom stereocenters. The summed E-state index contributed by atoms with van der Waals surface area (Å²) in [5, 5.41) is 3.40. The number of amides is 2. The monoisotopic (exact) mass is 463 g/mol. The minimum atomic E-state index is -0.312. The molecule has 3 aromatic rings. The lowest BCUT2D eigenvalue weighted by molar-refractivity contribution is -0.122. The predicted octanol–water partition coefficient (Wildman–Crippen LogP) is 4.95. The molecule has 33 heavy (non-hydrogen) atoms. The highest BCUT2D eigenvalue weighted by Gasteiger charge is 2.26. The molecule has 2 aromatic carbocycles. The first-order valence-corrected chi connectivity index (χ1v) is 11.3. The van der Waals surface area contributed by atoms with Crippen molar-refractivity contribution in [2.75, 3.05) is 16.8 Å². The van der Waals surface area contributed by atoms with Gasteiger partial charge in [0, 0.05) is 39.8 Å². The number of halogens is 1. The molecule has 0 spiro atoms. The van der Waals surface area contributed by atoms with Gasteiger partial charge in [0.2, 0.25) is 11.8 Å². The number of aromatic nitrogens is 1. The molecule has 1 aromatic heterocycles. The van der Waals surface area contributed by atoms with Crippen LogP contribution in [-0.2, 0) is 22.6 Å². The van der Waals surface area contributed by atoms with Gasteiger partial charge in [-0.2, -0.15) is 0 Å². The van der Waals surface area contributed by atoms with Crippen LogP contribution in [0.25, 0.3) is 0 Å². The molecule has 0 saturated heterocycles. The number of anilines is 2. The van der Waals surface area contributed by atoms with Crippen molar-refractivity contribution < 1.29 is 14.4 Å². The Morgan fingerprint density at radius 2 is 1.73 bits per heavy atom. The molecule has 0 aliphatic heterocycles. The summed E-state index contributed by atoms with van der Waals surface area (Å²) in [5.74, 6) is -0.402. The van der Waals surface area contributed by atoms with E-state index in [1.54, 1.807) is 24.3 Å². The molecule has 1 N–H and O–H groups in total. The van der Waals surface area contributed by atoms with Crippen molar-refractivity contribution in [2.45, 2.75) is 39.7 Å². The van der Waals surface area contributed by atoms with Crippen LogP contribution in [0.4, 0.5) is 11.4 Å². The van der Waals surface area contributed by atoms with E-state index in [0.717, 1.165) is 29.8 Å². The molecule has 6 nitrogen and oxygen atoms in total. The molecule has 0 radical (unpaired) electrons. The number of fused-ring (bicyclic) bond motifs is 1. The highest BCUT2D eigenvalue weighted by molar-refractivity contribution is 6.30. The van der Waals surface area contributed by atoms with Crippen molar-refractivity contribution in [1.29, 1.82) is 0 Å². The van der Waals surface area contributed by atoms with Crippen LogP contribution >= 0.6 is 11.6 Å². The summed E-state index contributed by atoms with van der Waals surface area (Å²) in [6.45, 7) is 3.81. The standard InChI is InChI=1S/C26H26ClN3O3/c1-17-6-12-21(13-7-17)30(15-25(32)28-20-10-8-19(27)9-11-20)26(33)16-29-18(2)14-22-23(29)4-3-5-24(22)31/h6-14H,3-5,15-16H2,1-2H3,(H,28,32). The van der Waals surface area contributed by atoms with Gasteiger partial charge in [-0.05, 0) is 69.2 Å². The fourth-order valence-electron chi connectivity index (χ4n) is 4.16. The summed E-state index contributed by atoms with van der Waals surface area (Å²) in [5.41, 5.74) is 4.81. The summed E-state index contributed by atoms with van der Waals surface area (Å²) < 4.78 is 1.91. The zero-order chi connectivity index (χ0) is 23.5. The lowest BCUT2D eigenvalue weighted by Gasteiger charge is -2.24. The first kappa shape index (κ1) is 22.8. The number of nitrogens with zero attached hydrogens (tertiary/aromatic N) is 2. The number of aryl methyl sites for hydroxylation is 2. The van der Waals surface area contributed by atoms with E-state index < -0.39 is 0 Å². The van der Waals surface area contributed by atoms with Crippen LogP contribution in [0, 0.1) is 13.8 Å². The van der Waals surface area contributed by atoms with Gasteiger partial charge in [-0.15, -0.1) is 0 Å². The van der Waals surface area contributed by atoms with Crippen molar-refractivity contribution in [1.82, 2.24) is 4.57 Å². The van der Waals surface area contributed by atoms with Crippen LogP contribution in [0.1, 0.15) is 40.2 Å². The molecular weight excluding hydrogens is 438 g/mol. The van der Waals surface area contributed by atoms with Gasteiger partial charge >= 0.3 is 0 Å². The predicted molar refractivity (Wildman–Crippen MR) is 130 cm³/mol.